The lowest BCUT2D eigenvalue weighted by molar-refractivity contribution is -0.246. The van der Waals surface area contributed by atoms with Crippen molar-refractivity contribution in [2.24, 2.45) is 0 Å². The van der Waals surface area contributed by atoms with Gasteiger partial charge in [0, 0.05) is 17.1 Å². The first-order valence-electron chi connectivity index (χ1n) is 9.28. The predicted octanol–water partition coefficient (Wildman–Crippen LogP) is 2.83. The number of hydrogen-bond acceptors (Lipinski definition) is 5. The first-order valence-corrected chi connectivity index (χ1v) is 9.28. The van der Waals surface area contributed by atoms with Crippen molar-refractivity contribution in [2.45, 2.75) is 77.2 Å². The smallest absolute Gasteiger partial charge is 0.408 e. The SMILES string of the molecule is C[C@H](NC(=O)OCc1ccccc1)C(=O)NC1CC(C)(C)N(O)C(C)(C)C1. The van der Waals surface area contributed by atoms with Crippen LogP contribution in [0, 0.1) is 0 Å². The van der Waals surface area contributed by atoms with Crippen molar-refractivity contribution in [3.05, 3.63) is 35.9 Å². The zero-order valence-corrected chi connectivity index (χ0v) is 16.8. The van der Waals surface area contributed by atoms with Crippen LogP contribution >= 0.6 is 0 Å². The van der Waals surface area contributed by atoms with E-state index in [4.69, 9.17) is 4.74 Å². The third-order valence-electron chi connectivity index (χ3n) is 4.93. The number of carbonyl (C=O) groups is 2. The van der Waals surface area contributed by atoms with Crippen molar-refractivity contribution in [1.29, 1.82) is 0 Å². The molecule has 1 aromatic rings. The summed E-state index contributed by atoms with van der Waals surface area (Å²) in [6.45, 7) is 9.53. The molecule has 0 aromatic heterocycles. The van der Waals surface area contributed by atoms with Gasteiger partial charge in [-0.3, -0.25) is 4.79 Å². The second-order valence-corrected chi connectivity index (χ2v) is 8.48. The second kappa shape index (κ2) is 8.27. The van der Waals surface area contributed by atoms with Gasteiger partial charge in [-0.05, 0) is 53.0 Å². The summed E-state index contributed by atoms with van der Waals surface area (Å²) >= 11 is 0. The maximum atomic E-state index is 12.5. The molecular weight excluding hydrogens is 346 g/mol. The van der Waals surface area contributed by atoms with Gasteiger partial charge in [-0.15, -0.1) is 0 Å². The van der Waals surface area contributed by atoms with E-state index in [1.807, 2.05) is 58.0 Å². The summed E-state index contributed by atoms with van der Waals surface area (Å²) in [6.07, 6.45) is 0.598. The molecule has 1 fully saturated rings. The normalized spacial score (nSPS) is 20.5. The molecule has 0 radical (unpaired) electrons. The van der Waals surface area contributed by atoms with Crippen LogP contribution in [0.4, 0.5) is 4.79 Å². The van der Waals surface area contributed by atoms with Crippen molar-refractivity contribution < 1.29 is 19.5 Å². The third-order valence-corrected chi connectivity index (χ3v) is 4.93. The Hall–Kier alpha value is -2.12. The number of rotatable bonds is 5. The summed E-state index contributed by atoms with van der Waals surface area (Å²) in [5.74, 6) is -0.269. The minimum atomic E-state index is -0.716. The van der Waals surface area contributed by atoms with Gasteiger partial charge in [0.05, 0.1) is 0 Å². The molecule has 3 N–H and O–H groups in total. The Balaban J connectivity index is 1.83. The van der Waals surface area contributed by atoms with Crippen molar-refractivity contribution in [2.75, 3.05) is 0 Å². The number of benzene rings is 1. The van der Waals surface area contributed by atoms with E-state index in [9.17, 15) is 14.8 Å². The van der Waals surface area contributed by atoms with Crippen LogP contribution in [0.1, 0.15) is 53.0 Å². The third kappa shape index (κ3) is 5.68. The molecule has 2 amide bonds. The molecule has 0 saturated carbocycles. The van der Waals surface area contributed by atoms with Gasteiger partial charge < -0.3 is 20.6 Å². The average Bonchev–Trinajstić information content (AvgIpc) is 2.58. The molecule has 1 atom stereocenters. The molecular formula is C20H31N3O4. The number of piperidine rings is 1. The van der Waals surface area contributed by atoms with Crippen LogP contribution in [0.15, 0.2) is 30.3 Å². The molecule has 2 rings (SSSR count). The Bertz CT molecular complexity index is 642. The topological polar surface area (TPSA) is 90.9 Å². The highest BCUT2D eigenvalue weighted by atomic mass is 16.5. The Morgan fingerprint density at radius 3 is 2.30 bits per heavy atom. The molecule has 1 aliphatic rings. The van der Waals surface area contributed by atoms with Crippen LogP contribution < -0.4 is 10.6 Å². The van der Waals surface area contributed by atoms with E-state index >= 15 is 0 Å². The minimum Gasteiger partial charge on any atom is -0.445 e. The maximum absolute atomic E-state index is 12.5. The number of nitrogens with one attached hydrogen (secondary N) is 2. The number of ether oxygens (including phenoxy) is 1. The molecule has 0 bridgehead atoms. The van der Waals surface area contributed by atoms with Crippen molar-refractivity contribution in [3.63, 3.8) is 0 Å². The van der Waals surface area contributed by atoms with Gasteiger partial charge in [-0.25, -0.2) is 4.79 Å². The molecule has 150 valence electrons. The van der Waals surface area contributed by atoms with Gasteiger partial charge in [-0.1, -0.05) is 30.3 Å². The number of carbonyl (C=O) groups excluding carboxylic acids is 2. The number of amides is 2. The highest BCUT2D eigenvalue weighted by Crippen LogP contribution is 2.36. The van der Waals surface area contributed by atoms with Crippen molar-refractivity contribution in [1.82, 2.24) is 15.7 Å². The summed E-state index contributed by atoms with van der Waals surface area (Å²) < 4.78 is 5.15. The number of hydroxylamine groups is 2. The van der Waals surface area contributed by atoms with E-state index in [2.05, 4.69) is 10.6 Å². The summed E-state index contributed by atoms with van der Waals surface area (Å²) in [7, 11) is 0. The largest absolute Gasteiger partial charge is 0.445 e. The standard InChI is InChI=1S/C20H31N3O4/c1-14(21-18(25)27-13-15-9-7-6-8-10-15)17(24)22-16-11-19(2,3)23(26)20(4,5)12-16/h6-10,14,16,26H,11-13H2,1-5H3,(H,21,25)(H,22,24)/t14-/m0/s1. The van der Waals surface area contributed by atoms with E-state index < -0.39 is 23.2 Å². The summed E-state index contributed by atoms with van der Waals surface area (Å²) in [5, 5.41) is 17.3. The van der Waals surface area contributed by atoms with Gasteiger partial charge in [0.15, 0.2) is 0 Å². The highest BCUT2D eigenvalue weighted by molar-refractivity contribution is 5.85. The van der Waals surface area contributed by atoms with Gasteiger partial charge in [0.25, 0.3) is 0 Å². The number of hydrogen-bond donors (Lipinski definition) is 3. The van der Waals surface area contributed by atoms with E-state index in [1.165, 1.54) is 5.06 Å². The predicted molar refractivity (Wildman–Crippen MR) is 102 cm³/mol. The fraction of sp³-hybridized carbons (Fsp3) is 0.600. The molecule has 0 spiro atoms. The lowest BCUT2D eigenvalue weighted by atomic mass is 9.79. The molecule has 1 heterocycles. The van der Waals surface area contributed by atoms with Crippen LogP contribution in [0.25, 0.3) is 0 Å². The second-order valence-electron chi connectivity index (χ2n) is 8.48. The molecule has 1 saturated heterocycles. The maximum Gasteiger partial charge on any atom is 0.408 e. The van der Waals surface area contributed by atoms with Gasteiger partial charge in [-0.2, -0.15) is 5.06 Å². The molecule has 0 aliphatic carbocycles. The Morgan fingerprint density at radius 2 is 1.74 bits per heavy atom. The monoisotopic (exact) mass is 377 g/mol. The first-order chi connectivity index (χ1) is 12.5. The van der Waals surface area contributed by atoms with Crippen molar-refractivity contribution in [3.8, 4) is 0 Å². The average molecular weight is 377 g/mol. The Labute approximate surface area is 161 Å². The van der Waals surface area contributed by atoms with Gasteiger partial charge in [0.1, 0.15) is 12.6 Å². The molecule has 1 aliphatic heterocycles. The van der Waals surface area contributed by atoms with Crippen LogP contribution in [0.5, 0.6) is 0 Å². The fourth-order valence-corrected chi connectivity index (χ4v) is 3.71. The lowest BCUT2D eigenvalue weighted by Crippen LogP contribution is -2.63. The van der Waals surface area contributed by atoms with Crippen molar-refractivity contribution >= 4 is 12.0 Å². The van der Waals surface area contributed by atoms with Gasteiger partial charge in [0.2, 0.25) is 5.91 Å². The Kier molecular flexibility index (Phi) is 6.49. The summed E-state index contributed by atoms with van der Waals surface area (Å²) in [5.41, 5.74) is -0.0272. The molecule has 7 nitrogen and oxygen atoms in total. The van der Waals surface area contributed by atoms with E-state index in [0.717, 1.165) is 5.56 Å². The van der Waals surface area contributed by atoms with Crippen LogP contribution in [-0.4, -0.2) is 45.4 Å². The summed E-state index contributed by atoms with van der Waals surface area (Å²) in [6, 6.07) is 8.55. The van der Waals surface area contributed by atoms with Crippen LogP contribution in [-0.2, 0) is 16.1 Å². The highest BCUT2D eigenvalue weighted by Gasteiger charge is 2.45. The van der Waals surface area contributed by atoms with Gasteiger partial charge >= 0.3 is 6.09 Å². The fourth-order valence-electron chi connectivity index (χ4n) is 3.71. The minimum absolute atomic E-state index is 0.0875. The quantitative estimate of drug-likeness (QED) is 0.734. The zero-order valence-electron chi connectivity index (χ0n) is 16.8. The van der Waals surface area contributed by atoms with Crippen LogP contribution in [0.2, 0.25) is 0 Å². The lowest BCUT2D eigenvalue weighted by Gasteiger charge is -2.51. The molecule has 1 aromatic carbocycles. The Morgan fingerprint density at radius 1 is 1.19 bits per heavy atom. The first kappa shape index (κ1) is 21.2. The molecule has 27 heavy (non-hydrogen) atoms. The van der Waals surface area contributed by atoms with E-state index in [1.54, 1.807) is 6.92 Å². The molecule has 7 heteroatoms. The molecule has 0 unspecified atom stereocenters. The number of alkyl carbamates (subject to hydrolysis) is 1. The zero-order chi connectivity index (χ0) is 20.2. The van der Waals surface area contributed by atoms with E-state index in [0.29, 0.717) is 12.8 Å². The number of nitrogens with zero attached hydrogens (tertiary/aromatic N) is 1. The summed E-state index contributed by atoms with van der Waals surface area (Å²) in [4.78, 5) is 24.4. The van der Waals surface area contributed by atoms with E-state index in [-0.39, 0.29) is 18.6 Å². The van der Waals surface area contributed by atoms with Crippen LogP contribution in [0.3, 0.4) is 0 Å².